The van der Waals surface area contributed by atoms with E-state index in [4.69, 9.17) is 0 Å². The number of carbonyl (C=O) groups is 1. The van der Waals surface area contributed by atoms with Crippen molar-refractivity contribution in [2.45, 2.75) is 26.8 Å². The van der Waals surface area contributed by atoms with Gasteiger partial charge >= 0.3 is 16.1 Å². The van der Waals surface area contributed by atoms with Crippen LogP contribution in [0, 0.1) is 6.92 Å². The van der Waals surface area contributed by atoms with Crippen molar-refractivity contribution in [1.82, 2.24) is 15.1 Å². The second-order valence-corrected chi connectivity index (χ2v) is 5.50. The lowest BCUT2D eigenvalue weighted by Gasteiger charge is -2.09. The Morgan fingerprint density at radius 3 is 2.59 bits per heavy atom. The van der Waals surface area contributed by atoms with E-state index in [-0.39, 0.29) is 11.9 Å². The fraction of sp³-hybridized carbons (Fsp3) is 0.556. The number of nitrogens with zero attached hydrogens (tertiary/aromatic N) is 2. The van der Waals surface area contributed by atoms with Crippen LogP contribution < -0.4 is 9.50 Å². The van der Waals surface area contributed by atoms with Crippen LogP contribution in [0.15, 0.2) is 6.07 Å². The van der Waals surface area contributed by atoms with E-state index >= 15 is 0 Å². The van der Waals surface area contributed by atoms with Crippen molar-refractivity contribution in [2.75, 3.05) is 6.26 Å². The fourth-order valence-corrected chi connectivity index (χ4v) is 1.57. The molecule has 96 valence electrons. The first-order chi connectivity index (χ1) is 7.69. The van der Waals surface area contributed by atoms with Crippen LogP contribution in [0.5, 0.6) is 5.88 Å². The van der Waals surface area contributed by atoms with E-state index in [1.807, 2.05) is 0 Å². The molecule has 0 fully saturated rings. The molecule has 0 unspecified atom stereocenters. The van der Waals surface area contributed by atoms with Crippen molar-refractivity contribution in [2.24, 2.45) is 0 Å². The lowest BCUT2D eigenvalue weighted by atomic mass is 10.4. The quantitative estimate of drug-likeness (QED) is 0.800. The van der Waals surface area contributed by atoms with Gasteiger partial charge in [-0.05, 0) is 20.8 Å². The van der Waals surface area contributed by atoms with E-state index in [0.717, 1.165) is 10.9 Å². The Morgan fingerprint density at radius 2 is 2.12 bits per heavy atom. The minimum absolute atomic E-state index is 0.0851. The molecule has 1 aromatic heterocycles. The number of amides is 1. The van der Waals surface area contributed by atoms with Crippen LogP contribution in [-0.2, 0) is 10.1 Å². The number of hydrogen-bond donors (Lipinski definition) is 1. The monoisotopic (exact) mass is 261 g/mol. The summed E-state index contributed by atoms with van der Waals surface area (Å²) in [5.74, 6) is -0.122. The van der Waals surface area contributed by atoms with Gasteiger partial charge in [0, 0.05) is 12.1 Å². The maximum absolute atomic E-state index is 11.7. The zero-order valence-electron chi connectivity index (χ0n) is 10.1. The molecule has 8 heteroatoms. The summed E-state index contributed by atoms with van der Waals surface area (Å²) in [4.78, 5) is 11.7. The molecule has 1 aromatic rings. The van der Waals surface area contributed by atoms with Gasteiger partial charge in [0.1, 0.15) is 0 Å². The van der Waals surface area contributed by atoms with Crippen LogP contribution >= 0.6 is 0 Å². The molecule has 0 aliphatic rings. The maximum Gasteiger partial charge on any atom is 0.345 e. The van der Waals surface area contributed by atoms with Crippen LogP contribution in [0.2, 0.25) is 0 Å². The van der Waals surface area contributed by atoms with Gasteiger partial charge in [0.15, 0.2) is 0 Å². The summed E-state index contributed by atoms with van der Waals surface area (Å²) in [7, 11) is -3.69. The topological polar surface area (TPSA) is 90.3 Å². The molecule has 1 heterocycles. The Bertz CT molecular complexity index is 518. The Labute approximate surface area is 99.9 Å². The van der Waals surface area contributed by atoms with E-state index in [1.54, 1.807) is 20.8 Å². The third kappa shape index (κ3) is 4.06. The molecule has 17 heavy (non-hydrogen) atoms. The number of hydrogen-bond acceptors (Lipinski definition) is 5. The van der Waals surface area contributed by atoms with Gasteiger partial charge in [0.25, 0.3) is 0 Å². The normalized spacial score (nSPS) is 11.6. The van der Waals surface area contributed by atoms with Crippen molar-refractivity contribution in [1.29, 1.82) is 0 Å². The van der Waals surface area contributed by atoms with Crippen molar-refractivity contribution in [3.63, 3.8) is 0 Å². The highest BCUT2D eigenvalue weighted by atomic mass is 32.2. The minimum Gasteiger partial charge on any atom is -0.362 e. The molecule has 1 N–H and O–H groups in total. The number of aromatic nitrogens is 2. The SMILES string of the molecule is Cc1cc(OS(C)(=O)=O)n(C(=O)NC(C)C)n1. The van der Waals surface area contributed by atoms with Gasteiger partial charge in [0.2, 0.25) is 5.88 Å². The second-order valence-electron chi connectivity index (χ2n) is 3.93. The molecule has 7 nitrogen and oxygen atoms in total. The van der Waals surface area contributed by atoms with Gasteiger partial charge in [0.05, 0.1) is 11.9 Å². The summed E-state index contributed by atoms with van der Waals surface area (Å²) >= 11 is 0. The predicted molar refractivity (Wildman–Crippen MR) is 61.5 cm³/mol. The first-order valence-corrected chi connectivity index (χ1v) is 6.77. The number of nitrogens with one attached hydrogen (secondary N) is 1. The summed E-state index contributed by atoms with van der Waals surface area (Å²) in [6.07, 6.45) is 0.903. The highest BCUT2D eigenvalue weighted by molar-refractivity contribution is 7.86. The van der Waals surface area contributed by atoms with E-state index in [9.17, 15) is 13.2 Å². The van der Waals surface area contributed by atoms with Gasteiger partial charge in [-0.2, -0.15) is 13.5 Å². The molecule has 0 aromatic carbocycles. The molecule has 1 amide bonds. The van der Waals surface area contributed by atoms with E-state index in [1.165, 1.54) is 6.07 Å². The standard InChI is InChI=1S/C9H15N3O4S/c1-6(2)10-9(13)12-8(5-7(3)11-12)16-17(4,14)15/h5-6H,1-4H3,(H,10,13). The Kier molecular flexibility index (Phi) is 3.76. The molecule has 0 radical (unpaired) electrons. The van der Waals surface area contributed by atoms with Gasteiger partial charge < -0.3 is 9.50 Å². The van der Waals surface area contributed by atoms with Crippen molar-refractivity contribution in [3.05, 3.63) is 11.8 Å². The third-order valence-corrected chi connectivity index (χ3v) is 2.11. The molecule has 0 aliphatic heterocycles. The Balaban J connectivity index is 3.03. The Morgan fingerprint density at radius 1 is 1.53 bits per heavy atom. The van der Waals surface area contributed by atoms with E-state index in [2.05, 4.69) is 14.6 Å². The van der Waals surface area contributed by atoms with Crippen LogP contribution in [0.4, 0.5) is 4.79 Å². The lowest BCUT2D eigenvalue weighted by Crippen LogP contribution is -2.35. The number of carbonyl (C=O) groups excluding carboxylic acids is 1. The van der Waals surface area contributed by atoms with Gasteiger partial charge in [-0.25, -0.2) is 4.79 Å². The molecule has 0 atom stereocenters. The van der Waals surface area contributed by atoms with E-state index in [0.29, 0.717) is 5.69 Å². The Hall–Kier alpha value is -1.57. The van der Waals surface area contributed by atoms with Crippen LogP contribution in [0.3, 0.4) is 0 Å². The molecule has 0 aliphatic carbocycles. The molecular formula is C9H15N3O4S. The van der Waals surface area contributed by atoms with Crippen LogP contribution in [0.25, 0.3) is 0 Å². The van der Waals surface area contributed by atoms with Crippen molar-refractivity contribution in [3.8, 4) is 5.88 Å². The first kappa shape index (κ1) is 13.5. The summed E-state index contributed by atoms with van der Waals surface area (Å²) in [6.45, 7) is 5.20. The summed E-state index contributed by atoms with van der Waals surface area (Å²) in [5.41, 5.74) is 0.488. The molecular weight excluding hydrogens is 246 g/mol. The molecule has 0 spiro atoms. The molecule has 0 bridgehead atoms. The van der Waals surface area contributed by atoms with Gasteiger partial charge in [-0.3, -0.25) is 0 Å². The number of aryl methyl sites for hydroxylation is 1. The lowest BCUT2D eigenvalue weighted by molar-refractivity contribution is 0.235. The first-order valence-electron chi connectivity index (χ1n) is 4.96. The summed E-state index contributed by atoms with van der Waals surface area (Å²) in [6, 6.07) is 0.755. The average Bonchev–Trinajstić information content (AvgIpc) is 2.42. The van der Waals surface area contributed by atoms with E-state index < -0.39 is 16.1 Å². The summed E-state index contributed by atoms with van der Waals surface area (Å²) < 4.78 is 27.6. The highest BCUT2D eigenvalue weighted by Gasteiger charge is 2.17. The minimum atomic E-state index is -3.69. The molecule has 0 saturated carbocycles. The largest absolute Gasteiger partial charge is 0.362 e. The predicted octanol–water partition coefficient (Wildman–Crippen LogP) is 0.496. The smallest absolute Gasteiger partial charge is 0.345 e. The zero-order chi connectivity index (χ0) is 13.2. The fourth-order valence-electron chi connectivity index (χ4n) is 1.14. The van der Waals surface area contributed by atoms with Crippen LogP contribution in [-0.4, -0.2) is 36.5 Å². The maximum atomic E-state index is 11.7. The van der Waals surface area contributed by atoms with Gasteiger partial charge in [-0.1, -0.05) is 0 Å². The highest BCUT2D eigenvalue weighted by Crippen LogP contribution is 2.14. The summed E-state index contributed by atoms with van der Waals surface area (Å²) in [5, 5.41) is 6.45. The average molecular weight is 261 g/mol. The zero-order valence-corrected chi connectivity index (χ0v) is 10.9. The second kappa shape index (κ2) is 4.74. The van der Waals surface area contributed by atoms with Crippen molar-refractivity contribution < 1.29 is 17.4 Å². The number of rotatable bonds is 3. The van der Waals surface area contributed by atoms with Crippen LogP contribution in [0.1, 0.15) is 19.5 Å². The van der Waals surface area contributed by atoms with Gasteiger partial charge in [-0.15, -0.1) is 4.68 Å². The molecule has 1 rings (SSSR count). The molecule has 0 saturated heterocycles. The third-order valence-electron chi connectivity index (χ3n) is 1.64. The van der Waals surface area contributed by atoms with Crippen molar-refractivity contribution >= 4 is 16.1 Å².